The van der Waals surface area contributed by atoms with E-state index in [1.807, 2.05) is 0 Å². The molecule has 3 atom stereocenters. The summed E-state index contributed by atoms with van der Waals surface area (Å²) in [7, 11) is 0. The zero-order valence-corrected chi connectivity index (χ0v) is 12.1. The molecule has 0 heterocycles. The third kappa shape index (κ3) is 4.11. The van der Waals surface area contributed by atoms with Gasteiger partial charge in [-0.25, -0.2) is 0 Å². The lowest BCUT2D eigenvalue weighted by Gasteiger charge is -2.30. The van der Waals surface area contributed by atoms with Crippen LogP contribution in [0.4, 0.5) is 0 Å². The van der Waals surface area contributed by atoms with E-state index in [1.165, 1.54) is 6.08 Å². The molecule has 0 aromatic heterocycles. The zero-order chi connectivity index (χ0) is 13.8. The number of aliphatic hydroxyl groups excluding tert-OH is 1. The number of allylic oxidation sites excluding steroid dienone is 4. The molecule has 0 saturated heterocycles. The third-order valence-electron chi connectivity index (χ3n) is 2.89. The molecule has 0 saturated carbocycles. The van der Waals surface area contributed by atoms with Crippen molar-refractivity contribution in [2.75, 3.05) is 0 Å². The topological polar surface area (TPSA) is 57.5 Å². The van der Waals surface area contributed by atoms with Gasteiger partial charge in [-0.3, -0.25) is 4.79 Å². The van der Waals surface area contributed by atoms with E-state index in [0.29, 0.717) is 19.3 Å². The van der Waals surface area contributed by atoms with E-state index in [0.717, 1.165) is 6.42 Å². The first-order chi connectivity index (χ1) is 8.37. The molecule has 0 aromatic carbocycles. The number of aliphatic hydroxyl groups is 1. The molecule has 0 aliphatic heterocycles. The molecule has 6 heteroatoms. The van der Waals surface area contributed by atoms with Crippen molar-refractivity contribution in [3.05, 3.63) is 24.0 Å². The van der Waals surface area contributed by atoms with E-state index < -0.39 is 21.5 Å². The molecule has 0 aromatic rings. The number of carboxylic acids is 1. The van der Waals surface area contributed by atoms with Crippen LogP contribution in [0.15, 0.2) is 24.0 Å². The van der Waals surface area contributed by atoms with Crippen molar-refractivity contribution in [1.29, 1.82) is 0 Å². The number of carbonyl (C=O) groups is 1. The first kappa shape index (κ1) is 15.7. The number of rotatable bonds is 6. The Balaban J connectivity index is 2.37. The highest BCUT2D eigenvalue weighted by molar-refractivity contribution is 7.81. The molecule has 102 valence electrons. The highest BCUT2D eigenvalue weighted by Crippen LogP contribution is 2.37. The fourth-order valence-corrected chi connectivity index (χ4v) is 2.54. The lowest BCUT2D eigenvalue weighted by Crippen LogP contribution is -2.34. The molecule has 0 radical (unpaired) electrons. The summed E-state index contributed by atoms with van der Waals surface area (Å²) in [5.74, 6) is -0.848. The molecule has 2 N–H and O–H groups in total. The van der Waals surface area contributed by atoms with Gasteiger partial charge in [0.15, 0.2) is 0 Å². The SMILES string of the molecule is O=C(O)C(S)CCCCC1(Cl)C=CC=C(O)C1Cl. The van der Waals surface area contributed by atoms with Crippen LogP contribution in [0, 0.1) is 0 Å². The van der Waals surface area contributed by atoms with E-state index in [2.05, 4.69) is 12.6 Å². The summed E-state index contributed by atoms with van der Waals surface area (Å²) in [5.41, 5.74) is 0. The maximum atomic E-state index is 10.6. The van der Waals surface area contributed by atoms with E-state index in [9.17, 15) is 9.90 Å². The van der Waals surface area contributed by atoms with E-state index in [4.69, 9.17) is 28.3 Å². The Labute approximate surface area is 122 Å². The summed E-state index contributed by atoms with van der Waals surface area (Å²) in [5, 5.41) is 16.9. The third-order valence-corrected chi connectivity index (χ3v) is 4.63. The molecule has 1 aliphatic carbocycles. The van der Waals surface area contributed by atoms with Gasteiger partial charge in [-0.15, -0.1) is 23.2 Å². The molecule has 18 heavy (non-hydrogen) atoms. The molecule has 1 rings (SSSR count). The van der Waals surface area contributed by atoms with E-state index >= 15 is 0 Å². The second-order valence-electron chi connectivity index (χ2n) is 4.34. The van der Waals surface area contributed by atoms with Crippen LogP contribution in [0.3, 0.4) is 0 Å². The first-order valence-corrected chi connectivity index (χ1v) is 7.02. The first-order valence-electron chi connectivity index (χ1n) is 5.69. The van der Waals surface area contributed by atoms with Crippen molar-refractivity contribution >= 4 is 41.8 Å². The molecule has 1 aliphatic rings. The summed E-state index contributed by atoms with van der Waals surface area (Å²) in [4.78, 5) is 9.78. The number of hydrogen-bond donors (Lipinski definition) is 3. The quantitative estimate of drug-likeness (QED) is 0.399. The van der Waals surface area contributed by atoms with Crippen molar-refractivity contribution in [3.8, 4) is 0 Å². The lowest BCUT2D eigenvalue weighted by atomic mass is 9.91. The van der Waals surface area contributed by atoms with E-state index in [1.54, 1.807) is 12.2 Å². The summed E-state index contributed by atoms with van der Waals surface area (Å²) in [6, 6.07) is 0. The maximum Gasteiger partial charge on any atom is 0.316 e. The number of halogens is 2. The normalized spacial score (nSPS) is 28.8. The predicted octanol–water partition coefficient (Wildman–Crippen LogP) is 3.53. The smallest absolute Gasteiger partial charge is 0.316 e. The van der Waals surface area contributed by atoms with Gasteiger partial charge in [0.25, 0.3) is 0 Å². The van der Waals surface area contributed by atoms with Crippen LogP contribution < -0.4 is 0 Å². The van der Waals surface area contributed by atoms with Gasteiger partial charge in [0.2, 0.25) is 0 Å². The van der Waals surface area contributed by atoms with Crippen molar-refractivity contribution < 1.29 is 15.0 Å². The van der Waals surface area contributed by atoms with Gasteiger partial charge in [0, 0.05) is 0 Å². The monoisotopic (exact) mass is 310 g/mol. The summed E-state index contributed by atoms with van der Waals surface area (Å²) >= 11 is 16.4. The molecular formula is C12H16Cl2O3S. The number of carboxylic acid groups (broad SMARTS) is 1. The Morgan fingerprint density at radius 2 is 2.22 bits per heavy atom. The van der Waals surface area contributed by atoms with Crippen molar-refractivity contribution in [1.82, 2.24) is 0 Å². The van der Waals surface area contributed by atoms with Gasteiger partial charge in [-0.1, -0.05) is 25.0 Å². The van der Waals surface area contributed by atoms with Crippen LogP contribution in [-0.4, -0.2) is 31.7 Å². The second kappa shape index (κ2) is 6.73. The number of aliphatic carboxylic acids is 1. The zero-order valence-electron chi connectivity index (χ0n) is 9.72. The van der Waals surface area contributed by atoms with Gasteiger partial charge >= 0.3 is 5.97 Å². The fraction of sp³-hybridized carbons (Fsp3) is 0.583. The van der Waals surface area contributed by atoms with Gasteiger partial charge in [0.1, 0.15) is 11.1 Å². The molecule has 0 spiro atoms. The Morgan fingerprint density at radius 3 is 2.83 bits per heavy atom. The minimum Gasteiger partial charge on any atom is -0.511 e. The van der Waals surface area contributed by atoms with Crippen LogP contribution in [0.5, 0.6) is 0 Å². The molecule has 3 unspecified atom stereocenters. The van der Waals surface area contributed by atoms with Crippen LogP contribution in [0.2, 0.25) is 0 Å². The van der Waals surface area contributed by atoms with Gasteiger partial charge in [-0.2, -0.15) is 12.6 Å². The molecule has 0 amide bonds. The van der Waals surface area contributed by atoms with Gasteiger partial charge < -0.3 is 10.2 Å². The van der Waals surface area contributed by atoms with Gasteiger partial charge in [-0.05, 0) is 18.9 Å². The Kier molecular flexibility index (Phi) is 5.89. The number of alkyl halides is 2. The standard InChI is InChI=1S/C12H16Cl2O3S/c13-10-8(15)4-3-7-12(10,14)6-2-1-5-9(18)11(16)17/h3-4,7,9-10,15,18H,1-2,5-6H2,(H,16,17). The Hall–Kier alpha value is -0.320. The maximum absolute atomic E-state index is 10.6. The summed E-state index contributed by atoms with van der Waals surface area (Å²) < 4.78 is 0. The molecule has 0 fully saturated rings. The number of unbranched alkanes of at least 4 members (excludes halogenated alkanes) is 1. The number of thiol groups is 1. The average molecular weight is 311 g/mol. The fourth-order valence-electron chi connectivity index (χ4n) is 1.79. The summed E-state index contributed by atoms with van der Waals surface area (Å²) in [6.07, 6.45) is 7.47. The summed E-state index contributed by atoms with van der Waals surface area (Å²) in [6.45, 7) is 0. The predicted molar refractivity (Wildman–Crippen MR) is 77.0 cm³/mol. The molecule has 3 nitrogen and oxygen atoms in total. The van der Waals surface area contributed by atoms with Crippen LogP contribution >= 0.6 is 35.8 Å². The van der Waals surface area contributed by atoms with Crippen LogP contribution in [-0.2, 0) is 4.79 Å². The van der Waals surface area contributed by atoms with Crippen LogP contribution in [0.25, 0.3) is 0 Å². The minimum atomic E-state index is -0.910. The molecule has 0 bridgehead atoms. The average Bonchev–Trinajstić information content (AvgIpc) is 2.31. The highest BCUT2D eigenvalue weighted by atomic mass is 35.5. The number of hydrogen-bond acceptors (Lipinski definition) is 3. The van der Waals surface area contributed by atoms with Crippen molar-refractivity contribution in [2.45, 2.75) is 41.2 Å². The minimum absolute atomic E-state index is 0.0618. The Bertz CT molecular complexity index is 370. The highest BCUT2D eigenvalue weighted by Gasteiger charge is 2.37. The van der Waals surface area contributed by atoms with Crippen molar-refractivity contribution in [2.24, 2.45) is 0 Å². The van der Waals surface area contributed by atoms with Crippen LogP contribution in [0.1, 0.15) is 25.7 Å². The molecular weight excluding hydrogens is 295 g/mol. The van der Waals surface area contributed by atoms with Gasteiger partial charge in [0.05, 0.1) is 10.1 Å². The lowest BCUT2D eigenvalue weighted by molar-refractivity contribution is -0.136. The van der Waals surface area contributed by atoms with E-state index in [-0.39, 0.29) is 5.76 Å². The largest absolute Gasteiger partial charge is 0.511 e. The Morgan fingerprint density at radius 1 is 1.56 bits per heavy atom. The van der Waals surface area contributed by atoms with Crippen molar-refractivity contribution in [3.63, 3.8) is 0 Å². The second-order valence-corrected chi connectivity index (χ2v) is 6.10.